The Morgan fingerprint density at radius 1 is 1.44 bits per heavy atom. The molecule has 1 saturated heterocycles. The first kappa shape index (κ1) is 6.99. The average molecular weight is 130 g/mol. The molecule has 0 bridgehead atoms. The number of rotatable bonds is 3. The van der Waals surface area contributed by atoms with Crippen LogP contribution in [-0.4, -0.2) is 19.8 Å². The Hall–Kier alpha value is -0.120. The molecule has 0 saturated carbocycles. The van der Waals surface area contributed by atoms with Gasteiger partial charge in [0, 0.05) is 6.54 Å². The molecule has 1 fully saturated rings. The topological polar surface area (TPSA) is 30.5 Å². The molecule has 0 aromatic rings. The Bertz CT molecular complexity index is 71.5. The summed E-state index contributed by atoms with van der Waals surface area (Å²) in [6.45, 7) is 4.40. The van der Waals surface area contributed by atoms with Gasteiger partial charge in [0.2, 0.25) is 0 Å². The lowest BCUT2D eigenvalue weighted by Crippen LogP contribution is -2.21. The Morgan fingerprint density at radius 2 is 2.11 bits per heavy atom. The smallest absolute Gasteiger partial charge is 0.300 e. The van der Waals surface area contributed by atoms with E-state index in [1.54, 1.807) is 0 Å². The largest absolute Gasteiger partial charge is 0.330 e. The minimum atomic E-state index is 0.594. The first-order valence-electron chi connectivity index (χ1n) is 3.30. The van der Waals surface area contributed by atoms with E-state index in [0.29, 0.717) is 19.6 Å². The summed E-state index contributed by atoms with van der Waals surface area (Å²) < 4.78 is 10.1. The van der Waals surface area contributed by atoms with Crippen LogP contribution in [0.15, 0.2) is 0 Å². The summed E-state index contributed by atoms with van der Waals surface area (Å²) in [5.74, 6) is 0. The Morgan fingerprint density at radius 3 is 2.67 bits per heavy atom. The first-order chi connectivity index (χ1) is 4.43. The second kappa shape index (κ2) is 3.82. The monoisotopic (exact) mass is 130 g/mol. The highest BCUT2D eigenvalue weighted by atomic mass is 16.7. The minimum Gasteiger partial charge on any atom is -0.330 e. The van der Waals surface area contributed by atoms with Gasteiger partial charge in [0.05, 0.1) is 13.2 Å². The highest BCUT2D eigenvalue weighted by molar-refractivity contribution is 4.65. The van der Waals surface area contributed by atoms with Crippen LogP contribution < -0.4 is 5.32 Å². The van der Waals surface area contributed by atoms with Crippen LogP contribution in [0.4, 0.5) is 0 Å². The minimum absolute atomic E-state index is 0.594. The maximum Gasteiger partial charge on any atom is 0.300 e. The van der Waals surface area contributed by atoms with Crippen molar-refractivity contribution in [3.8, 4) is 0 Å². The van der Waals surface area contributed by atoms with Crippen molar-refractivity contribution < 1.29 is 9.47 Å². The van der Waals surface area contributed by atoms with Crippen molar-refractivity contribution in [1.82, 2.24) is 5.32 Å². The summed E-state index contributed by atoms with van der Waals surface area (Å²) in [4.78, 5) is 0. The lowest BCUT2D eigenvalue weighted by molar-refractivity contribution is 0.0471. The van der Waals surface area contributed by atoms with E-state index in [-0.39, 0.29) is 0 Å². The van der Waals surface area contributed by atoms with Gasteiger partial charge in [-0.1, -0.05) is 6.92 Å². The van der Waals surface area contributed by atoms with Gasteiger partial charge in [-0.25, -0.2) is 0 Å². The van der Waals surface area contributed by atoms with Crippen molar-refractivity contribution in [3.05, 3.63) is 6.41 Å². The van der Waals surface area contributed by atoms with Gasteiger partial charge < -0.3 is 9.47 Å². The molecule has 0 amide bonds. The normalized spacial score (nSPS) is 21.0. The van der Waals surface area contributed by atoms with E-state index in [4.69, 9.17) is 9.47 Å². The Kier molecular flexibility index (Phi) is 2.97. The summed E-state index contributed by atoms with van der Waals surface area (Å²) in [5.41, 5.74) is 0. The van der Waals surface area contributed by atoms with E-state index in [9.17, 15) is 0 Å². The summed E-state index contributed by atoms with van der Waals surface area (Å²) in [5, 5.41) is 3.00. The van der Waals surface area contributed by atoms with Gasteiger partial charge in [-0.15, -0.1) is 0 Å². The fourth-order valence-corrected chi connectivity index (χ4v) is 0.640. The van der Waals surface area contributed by atoms with Crippen molar-refractivity contribution >= 4 is 0 Å². The standard InChI is InChI=1S/C6H12NO2/c1-2-3-7-6-8-4-5-9-6/h7H,2-5H2,1H3. The summed E-state index contributed by atoms with van der Waals surface area (Å²) >= 11 is 0. The molecular formula is C6H12NO2. The molecule has 0 aliphatic carbocycles. The second-order valence-corrected chi connectivity index (χ2v) is 1.91. The number of ether oxygens (including phenoxy) is 2. The van der Waals surface area contributed by atoms with Gasteiger partial charge in [0.1, 0.15) is 0 Å². The van der Waals surface area contributed by atoms with Crippen LogP contribution >= 0.6 is 0 Å². The molecule has 0 atom stereocenters. The van der Waals surface area contributed by atoms with Gasteiger partial charge >= 0.3 is 6.41 Å². The van der Waals surface area contributed by atoms with Gasteiger partial charge in [0.15, 0.2) is 0 Å². The van der Waals surface area contributed by atoms with Gasteiger partial charge in [-0.2, -0.15) is 0 Å². The van der Waals surface area contributed by atoms with Crippen LogP contribution in [0.3, 0.4) is 0 Å². The SMILES string of the molecule is CCCN[C]1OCCO1. The first-order valence-corrected chi connectivity index (χ1v) is 3.30. The summed E-state index contributed by atoms with van der Waals surface area (Å²) in [7, 11) is 0. The summed E-state index contributed by atoms with van der Waals surface area (Å²) in [6, 6.07) is 0. The number of nitrogens with one attached hydrogen (secondary N) is 1. The van der Waals surface area contributed by atoms with Crippen LogP contribution in [-0.2, 0) is 9.47 Å². The highest BCUT2D eigenvalue weighted by Gasteiger charge is 2.16. The van der Waals surface area contributed by atoms with Gasteiger partial charge in [-0.05, 0) is 6.42 Å². The Labute approximate surface area is 55.3 Å². The van der Waals surface area contributed by atoms with Crippen molar-refractivity contribution in [1.29, 1.82) is 0 Å². The fourth-order valence-electron chi connectivity index (χ4n) is 0.640. The lowest BCUT2D eigenvalue weighted by atomic mass is 10.5. The predicted molar refractivity (Wildman–Crippen MR) is 33.4 cm³/mol. The third-order valence-corrected chi connectivity index (χ3v) is 1.07. The van der Waals surface area contributed by atoms with Gasteiger partial charge in [-0.3, -0.25) is 5.32 Å². The molecule has 53 valence electrons. The molecular weight excluding hydrogens is 118 g/mol. The van der Waals surface area contributed by atoms with E-state index in [1.807, 2.05) is 0 Å². The maximum atomic E-state index is 5.04. The zero-order valence-electron chi connectivity index (χ0n) is 5.64. The molecule has 0 unspecified atom stereocenters. The molecule has 1 aliphatic heterocycles. The fraction of sp³-hybridized carbons (Fsp3) is 0.833. The summed E-state index contributed by atoms with van der Waals surface area (Å²) in [6.07, 6.45) is 1.69. The molecule has 0 aromatic heterocycles. The molecule has 0 spiro atoms. The lowest BCUT2D eigenvalue weighted by Gasteiger charge is -2.05. The average Bonchev–Trinajstić information content (AvgIpc) is 2.34. The highest BCUT2D eigenvalue weighted by Crippen LogP contribution is 2.06. The van der Waals surface area contributed by atoms with Crippen molar-refractivity contribution in [2.75, 3.05) is 19.8 Å². The van der Waals surface area contributed by atoms with Gasteiger partial charge in [0.25, 0.3) is 0 Å². The quantitative estimate of drug-likeness (QED) is 0.602. The second-order valence-electron chi connectivity index (χ2n) is 1.91. The molecule has 9 heavy (non-hydrogen) atoms. The van der Waals surface area contributed by atoms with E-state index in [1.165, 1.54) is 0 Å². The third-order valence-electron chi connectivity index (χ3n) is 1.07. The molecule has 1 radical (unpaired) electrons. The van der Waals surface area contributed by atoms with Crippen LogP contribution in [0.1, 0.15) is 13.3 Å². The maximum absolute atomic E-state index is 5.04. The molecule has 1 N–H and O–H groups in total. The van der Waals surface area contributed by atoms with Crippen molar-refractivity contribution in [2.24, 2.45) is 0 Å². The number of hydrogen-bond donors (Lipinski definition) is 1. The Balaban J connectivity index is 1.98. The van der Waals surface area contributed by atoms with Crippen LogP contribution in [0, 0.1) is 6.41 Å². The van der Waals surface area contributed by atoms with E-state index in [2.05, 4.69) is 12.2 Å². The van der Waals surface area contributed by atoms with E-state index in [0.717, 1.165) is 13.0 Å². The number of hydrogen-bond acceptors (Lipinski definition) is 3. The third kappa shape index (κ3) is 2.30. The molecule has 3 heteroatoms. The zero-order valence-corrected chi connectivity index (χ0v) is 5.64. The molecule has 1 heterocycles. The van der Waals surface area contributed by atoms with Crippen LogP contribution in [0.25, 0.3) is 0 Å². The van der Waals surface area contributed by atoms with Crippen molar-refractivity contribution in [2.45, 2.75) is 13.3 Å². The molecule has 1 rings (SSSR count). The molecule has 0 aromatic carbocycles. The van der Waals surface area contributed by atoms with Crippen LogP contribution in [0.5, 0.6) is 0 Å². The molecule has 1 aliphatic rings. The zero-order chi connectivity index (χ0) is 6.53. The van der Waals surface area contributed by atoms with E-state index >= 15 is 0 Å². The van der Waals surface area contributed by atoms with E-state index < -0.39 is 0 Å². The molecule has 3 nitrogen and oxygen atoms in total. The predicted octanol–water partition coefficient (Wildman–Crippen LogP) is 0.480. The van der Waals surface area contributed by atoms with Crippen LogP contribution in [0.2, 0.25) is 0 Å². The van der Waals surface area contributed by atoms with Crippen molar-refractivity contribution in [3.63, 3.8) is 0 Å².